The first-order valence-electron chi connectivity index (χ1n) is 9.44. The van der Waals surface area contributed by atoms with Crippen molar-refractivity contribution in [2.75, 3.05) is 13.7 Å². The Balaban J connectivity index is 1.85. The molecule has 1 heterocycles. The number of benzene rings is 2. The molecule has 0 atom stereocenters. The van der Waals surface area contributed by atoms with Crippen LogP contribution < -0.4 is 15.2 Å². The molecule has 3 rings (SSSR count). The van der Waals surface area contributed by atoms with Crippen LogP contribution in [0.4, 0.5) is 4.39 Å². The number of ether oxygens (including phenoxy) is 2. The molecule has 0 radical (unpaired) electrons. The summed E-state index contributed by atoms with van der Waals surface area (Å²) in [5.41, 5.74) is 0.935. The molecule has 30 heavy (non-hydrogen) atoms. The molecule has 5 nitrogen and oxygen atoms in total. The first kappa shape index (κ1) is 21.1. The third-order valence-electron chi connectivity index (χ3n) is 4.05. The summed E-state index contributed by atoms with van der Waals surface area (Å²) in [5, 5.41) is 0. The lowest BCUT2D eigenvalue weighted by Gasteiger charge is -2.20. The van der Waals surface area contributed by atoms with Gasteiger partial charge in [0.25, 0.3) is 0 Å². The third kappa shape index (κ3) is 5.48. The van der Waals surface area contributed by atoms with Gasteiger partial charge >= 0.3 is 5.69 Å². The smallest absolute Gasteiger partial charge is 0.353 e. The van der Waals surface area contributed by atoms with Crippen molar-refractivity contribution in [3.8, 4) is 29.0 Å². The summed E-state index contributed by atoms with van der Waals surface area (Å²) in [6, 6.07) is 12.8. The zero-order valence-corrected chi connectivity index (χ0v) is 17.4. The van der Waals surface area contributed by atoms with Crippen molar-refractivity contribution in [1.29, 1.82) is 0 Å². The molecular weight excluding hydrogens is 383 g/mol. The summed E-state index contributed by atoms with van der Waals surface area (Å²) in [7, 11) is 1.55. The molecule has 1 aromatic heterocycles. The fourth-order valence-corrected chi connectivity index (χ4v) is 2.59. The SMILES string of the molecule is COc1cc(-n2ccc(C#Cc3cccc(F)c3)nc2=O)ccc1OCC(C)(C)C. The lowest BCUT2D eigenvalue weighted by atomic mass is 9.99. The second-order valence-corrected chi connectivity index (χ2v) is 7.91. The lowest BCUT2D eigenvalue weighted by Crippen LogP contribution is -2.21. The van der Waals surface area contributed by atoms with E-state index in [1.807, 2.05) is 0 Å². The van der Waals surface area contributed by atoms with Gasteiger partial charge in [0.15, 0.2) is 11.5 Å². The van der Waals surface area contributed by atoms with Gasteiger partial charge in [-0.25, -0.2) is 9.18 Å². The zero-order chi connectivity index (χ0) is 21.7. The molecule has 0 amide bonds. The Kier molecular flexibility index (Phi) is 6.22. The molecule has 0 saturated carbocycles. The van der Waals surface area contributed by atoms with Crippen LogP contribution >= 0.6 is 0 Å². The van der Waals surface area contributed by atoms with E-state index in [1.54, 1.807) is 49.7 Å². The molecule has 6 heteroatoms. The Morgan fingerprint density at radius 3 is 2.53 bits per heavy atom. The number of nitrogens with zero attached hydrogens (tertiary/aromatic N) is 2. The van der Waals surface area contributed by atoms with Gasteiger partial charge in [-0.05, 0) is 47.7 Å². The average molecular weight is 406 g/mol. The van der Waals surface area contributed by atoms with E-state index in [9.17, 15) is 9.18 Å². The minimum absolute atomic E-state index is 0.00687. The van der Waals surface area contributed by atoms with Crippen molar-refractivity contribution in [3.63, 3.8) is 0 Å². The zero-order valence-electron chi connectivity index (χ0n) is 17.4. The van der Waals surface area contributed by atoms with Gasteiger partial charge in [0.05, 0.1) is 19.4 Å². The molecule has 0 spiro atoms. The first-order chi connectivity index (χ1) is 14.2. The Hall–Kier alpha value is -3.59. The van der Waals surface area contributed by atoms with Crippen LogP contribution in [0.15, 0.2) is 59.5 Å². The molecule has 0 saturated heterocycles. The van der Waals surface area contributed by atoms with Crippen LogP contribution in [0.3, 0.4) is 0 Å². The number of hydrogen-bond acceptors (Lipinski definition) is 4. The van der Waals surface area contributed by atoms with Crippen molar-refractivity contribution in [2.24, 2.45) is 5.41 Å². The number of hydrogen-bond donors (Lipinski definition) is 0. The van der Waals surface area contributed by atoms with Crippen molar-refractivity contribution in [2.45, 2.75) is 20.8 Å². The standard InChI is InChI=1S/C24H23FN2O3/c1-24(2,3)16-30-21-11-10-20(15-22(21)29-4)27-13-12-19(26-23(27)28)9-8-17-6-5-7-18(25)14-17/h5-7,10-15H,16H2,1-4H3. The lowest BCUT2D eigenvalue weighted by molar-refractivity contribution is 0.191. The van der Waals surface area contributed by atoms with Crippen molar-refractivity contribution < 1.29 is 13.9 Å². The molecule has 0 fully saturated rings. The fourth-order valence-electron chi connectivity index (χ4n) is 2.59. The van der Waals surface area contributed by atoms with E-state index in [0.29, 0.717) is 35.1 Å². The van der Waals surface area contributed by atoms with Crippen molar-refractivity contribution >= 4 is 0 Å². The highest BCUT2D eigenvalue weighted by Gasteiger charge is 2.14. The Morgan fingerprint density at radius 2 is 1.87 bits per heavy atom. The maximum Gasteiger partial charge on any atom is 0.353 e. The van der Waals surface area contributed by atoms with Crippen LogP contribution in [-0.4, -0.2) is 23.3 Å². The fraction of sp³-hybridized carbons (Fsp3) is 0.250. The predicted octanol–water partition coefficient (Wildman–Crippen LogP) is 4.20. The molecule has 0 unspecified atom stereocenters. The molecule has 0 N–H and O–H groups in total. The quantitative estimate of drug-likeness (QED) is 0.610. The van der Waals surface area contributed by atoms with E-state index in [4.69, 9.17) is 9.47 Å². The average Bonchev–Trinajstić information content (AvgIpc) is 2.70. The van der Waals surface area contributed by atoms with Gasteiger partial charge in [-0.1, -0.05) is 32.8 Å². The van der Waals surface area contributed by atoms with E-state index in [2.05, 4.69) is 37.6 Å². The molecule has 0 aliphatic rings. The van der Waals surface area contributed by atoms with E-state index < -0.39 is 5.69 Å². The van der Waals surface area contributed by atoms with Crippen LogP contribution in [0, 0.1) is 23.1 Å². The summed E-state index contributed by atoms with van der Waals surface area (Å²) in [6.07, 6.45) is 1.59. The van der Waals surface area contributed by atoms with Crippen molar-refractivity contribution in [3.05, 3.63) is 82.3 Å². The van der Waals surface area contributed by atoms with Crippen molar-refractivity contribution in [1.82, 2.24) is 9.55 Å². The van der Waals surface area contributed by atoms with E-state index >= 15 is 0 Å². The van der Waals surface area contributed by atoms with E-state index in [0.717, 1.165) is 0 Å². The number of halogens is 1. The van der Waals surface area contributed by atoms with Crippen LogP contribution in [0.25, 0.3) is 5.69 Å². The number of methoxy groups -OCH3 is 1. The van der Waals surface area contributed by atoms with E-state index in [-0.39, 0.29) is 11.2 Å². The highest BCUT2D eigenvalue weighted by molar-refractivity contribution is 5.49. The normalized spacial score (nSPS) is 10.8. The predicted molar refractivity (Wildman–Crippen MR) is 114 cm³/mol. The molecule has 3 aromatic rings. The van der Waals surface area contributed by atoms with Gasteiger partial charge in [0, 0.05) is 17.8 Å². The minimum Gasteiger partial charge on any atom is -0.493 e. The van der Waals surface area contributed by atoms with Crippen LogP contribution in [0.5, 0.6) is 11.5 Å². The molecular formula is C24H23FN2O3. The van der Waals surface area contributed by atoms with Crippen LogP contribution in [0.2, 0.25) is 0 Å². The van der Waals surface area contributed by atoms with Gasteiger partial charge in [0.1, 0.15) is 11.5 Å². The summed E-state index contributed by atoms with van der Waals surface area (Å²) >= 11 is 0. The van der Waals surface area contributed by atoms with Gasteiger partial charge in [-0.2, -0.15) is 4.98 Å². The van der Waals surface area contributed by atoms with E-state index in [1.165, 1.54) is 16.7 Å². The minimum atomic E-state index is -0.480. The topological polar surface area (TPSA) is 53.4 Å². The van der Waals surface area contributed by atoms with Gasteiger partial charge in [0.2, 0.25) is 0 Å². The largest absolute Gasteiger partial charge is 0.493 e. The van der Waals surface area contributed by atoms with Gasteiger partial charge in [-0.3, -0.25) is 4.57 Å². The maximum atomic E-state index is 13.2. The monoisotopic (exact) mass is 406 g/mol. The summed E-state index contributed by atoms with van der Waals surface area (Å²) < 4.78 is 25.9. The summed E-state index contributed by atoms with van der Waals surface area (Å²) in [6.45, 7) is 6.77. The second kappa shape index (κ2) is 8.83. The second-order valence-electron chi connectivity index (χ2n) is 7.91. The maximum absolute atomic E-state index is 13.2. The first-order valence-corrected chi connectivity index (χ1v) is 9.44. The molecule has 0 aliphatic heterocycles. The molecule has 2 aromatic carbocycles. The third-order valence-corrected chi connectivity index (χ3v) is 4.05. The highest BCUT2D eigenvalue weighted by Crippen LogP contribution is 2.30. The summed E-state index contributed by atoms with van der Waals surface area (Å²) in [4.78, 5) is 16.5. The number of rotatable bonds is 4. The Morgan fingerprint density at radius 1 is 1.07 bits per heavy atom. The molecule has 0 bridgehead atoms. The summed E-state index contributed by atoms with van der Waals surface area (Å²) in [5.74, 6) is 6.35. The van der Waals surface area contributed by atoms with Gasteiger partial charge in [-0.15, -0.1) is 0 Å². The Bertz CT molecular complexity index is 1170. The molecule has 0 aliphatic carbocycles. The Labute approximate surface area is 175 Å². The molecule has 154 valence electrons. The van der Waals surface area contributed by atoms with Gasteiger partial charge < -0.3 is 9.47 Å². The van der Waals surface area contributed by atoms with Crippen LogP contribution in [0.1, 0.15) is 32.0 Å². The number of aromatic nitrogens is 2. The highest BCUT2D eigenvalue weighted by atomic mass is 19.1. The van der Waals surface area contributed by atoms with Crippen LogP contribution in [-0.2, 0) is 0 Å².